The highest BCUT2D eigenvalue weighted by molar-refractivity contribution is 5.77. The fourth-order valence-electron chi connectivity index (χ4n) is 4.12. The first-order valence-electron chi connectivity index (χ1n) is 10.7. The van der Waals surface area contributed by atoms with Gasteiger partial charge in [0.25, 0.3) is 5.91 Å². The lowest BCUT2D eigenvalue weighted by Gasteiger charge is -2.31. The number of nitrogens with zero attached hydrogens (tertiary/aromatic N) is 3. The predicted molar refractivity (Wildman–Crippen MR) is 119 cm³/mol. The van der Waals surface area contributed by atoms with Crippen LogP contribution < -0.4 is 10.4 Å². The van der Waals surface area contributed by atoms with Gasteiger partial charge in [-0.05, 0) is 61.9 Å². The number of benzene rings is 2. The van der Waals surface area contributed by atoms with Crippen molar-refractivity contribution in [2.45, 2.75) is 33.1 Å². The maximum atomic E-state index is 12.5. The number of amides is 1. The van der Waals surface area contributed by atoms with Crippen molar-refractivity contribution >= 4 is 5.91 Å². The monoisotopic (exact) mass is 420 g/mol. The molecule has 7 heteroatoms. The Morgan fingerprint density at radius 1 is 1.13 bits per heavy atom. The van der Waals surface area contributed by atoms with Gasteiger partial charge in [0.15, 0.2) is 6.61 Å². The van der Waals surface area contributed by atoms with Crippen molar-refractivity contribution in [3.8, 4) is 11.4 Å². The summed E-state index contributed by atoms with van der Waals surface area (Å²) in [6.45, 7) is 5.43. The summed E-state index contributed by atoms with van der Waals surface area (Å²) in [6.07, 6.45) is 2.46. The first kappa shape index (κ1) is 20.9. The van der Waals surface area contributed by atoms with Crippen LogP contribution in [0.5, 0.6) is 5.75 Å². The first-order valence-corrected chi connectivity index (χ1v) is 10.7. The normalized spacial score (nSPS) is 14.6. The molecule has 1 aliphatic heterocycles. The average molecular weight is 421 g/mol. The molecule has 1 amide bonds. The number of para-hydroxylation sites is 1. The Kier molecular flexibility index (Phi) is 6.21. The fraction of sp³-hybridized carbons (Fsp3) is 0.375. The van der Waals surface area contributed by atoms with E-state index in [0.717, 1.165) is 41.2 Å². The Balaban J connectivity index is 1.33. The van der Waals surface area contributed by atoms with Crippen molar-refractivity contribution in [3.05, 3.63) is 76.0 Å². The van der Waals surface area contributed by atoms with Gasteiger partial charge >= 0.3 is 5.69 Å². The minimum Gasteiger partial charge on any atom is -0.484 e. The zero-order valence-electron chi connectivity index (χ0n) is 18.0. The number of nitrogens with one attached hydrogen (secondary N) is 1. The van der Waals surface area contributed by atoms with E-state index in [0.29, 0.717) is 25.4 Å². The molecule has 7 nitrogen and oxygen atoms in total. The Morgan fingerprint density at radius 3 is 2.65 bits per heavy atom. The summed E-state index contributed by atoms with van der Waals surface area (Å²) in [5.41, 5.74) is 2.77. The van der Waals surface area contributed by atoms with Crippen LogP contribution in [0.1, 0.15) is 29.8 Å². The van der Waals surface area contributed by atoms with E-state index < -0.39 is 0 Å². The minimum absolute atomic E-state index is 0.0107. The molecule has 31 heavy (non-hydrogen) atoms. The standard InChI is InChI=1S/C24H28N4O3/c1-17-6-5-8-20(14-17)31-16-23(29)27-12-10-19(11-13-27)15-22-25-26-24(30)28(22)21-9-4-3-7-18(21)2/h3-9,14,19H,10-13,15-16H2,1-2H3,(H,26,30). The fourth-order valence-corrected chi connectivity index (χ4v) is 4.12. The molecule has 0 aliphatic carbocycles. The van der Waals surface area contributed by atoms with E-state index in [9.17, 15) is 9.59 Å². The summed E-state index contributed by atoms with van der Waals surface area (Å²) >= 11 is 0. The summed E-state index contributed by atoms with van der Waals surface area (Å²) in [5.74, 6) is 1.85. The Hall–Kier alpha value is -3.35. The summed E-state index contributed by atoms with van der Waals surface area (Å²) < 4.78 is 7.33. The smallest absolute Gasteiger partial charge is 0.347 e. The lowest BCUT2D eigenvalue weighted by atomic mass is 9.93. The molecule has 0 atom stereocenters. The number of aryl methyl sites for hydroxylation is 2. The van der Waals surface area contributed by atoms with E-state index in [4.69, 9.17) is 4.74 Å². The van der Waals surface area contributed by atoms with Crippen molar-refractivity contribution in [2.75, 3.05) is 19.7 Å². The molecule has 2 aromatic carbocycles. The zero-order chi connectivity index (χ0) is 21.8. The molecule has 0 spiro atoms. The van der Waals surface area contributed by atoms with Crippen molar-refractivity contribution in [2.24, 2.45) is 5.92 Å². The maximum Gasteiger partial charge on any atom is 0.347 e. The molecule has 4 rings (SSSR count). The second-order valence-electron chi connectivity index (χ2n) is 8.20. The van der Waals surface area contributed by atoms with Gasteiger partial charge in [-0.25, -0.2) is 14.5 Å². The highest BCUT2D eigenvalue weighted by Gasteiger charge is 2.25. The largest absolute Gasteiger partial charge is 0.484 e. The van der Waals surface area contributed by atoms with E-state index in [-0.39, 0.29) is 18.2 Å². The summed E-state index contributed by atoms with van der Waals surface area (Å²) in [6, 6.07) is 15.5. The molecular weight excluding hydrogens is 392 g/mol. The van der Waals surface area contributed by atoms with E-state index in [1.807, 2.05) is 67.3 Å². The number of aromatic nitrogens is 3. The number of rotatable bonds is 6. The average Bonchev–Trinajstić information content (AvgIpc) is 3.13. The van der Waals surface area contributed by atoms with Crippen LogP contribution in [0.3, 0.4) is 0 Å². The van der Waals surface area contributed by atoms with Crippen LogP contribution in [0.15, 0.2) is 53.3 Å². The quantitative estimate of drug-likeness (QED) is 0.665. The molecular formula is C24H28N4O3. The van der Waals surface area contributed by atoms with Gasteiger partial charge in [-0.1, -0.05) is 30.3 Å². The van der Waals surface area contributed by atoms with Crippen LogP contribution in [-0.2, 0) is 11.2 Å². The first-order chi connectivity index (χ1) is 15.0. The molecule has 0 saturated carbocycles. The van der Waals surface area contributed by atoms with Gasteiger partial charge in [0.1, 0.15) is 11.6 Å². The topological polar surface area (TPSA) is 80.2 Å². The van der Waals surface area contributed by atoms with Gasteiger partial charge in [0, 0.05) is 19.5 Å². The lowest BCUT2D eigenvalue weighted by Crippen LogP contribution is -2.41. The number of aromatic amines is 1. The highest BCUT2D eigenvalue weighted by atomic mass is 16.5. The zero-order valence-corrected chi connectivity index (χ0v) is 18.0. The second kappa shape index (κ2) is 9.20. The number of H-pyrrole nitrogens is 1. The van der Waals surface area contributed by atoms with Crippen LogP contribution in [0, 0.1) is 19.8 Å². The number of ether oxygens (including phenoxy) is 1. The molecule has 1 fully saturated rings. The maximum absolute atomic E-state index is 12.5. The number of likely N-dealkylation sites (tertiary alicyclic amines) is 1. The van der Waals surface area contributed by atoms with E-state index >= 15 is 0 Å². The third-order valence-corrected chi connectivity index (χ3v) is 5.89. The molecule has 1 N–H and O–H groups in total. The third kappa shape index (κ3) is 4.87. The van der Waals surface area contributed by atoms with Crippen LogP contribution in [-0.4, -0.2) is 45.3 Å². The number of carbonyl (C=O) groups is 1. The van der Waals surface area contributed by atoms with Gasteiger partial charge in [0.05, 0.1) is 5.69 Å². The second-order valence-corrected chi connectivity index (χ2v) is 8.20. The van der Waals surface area contributed by atoms with Crippen molar-refractivity contribution in [1.29, 1.82) is 0 Å². The van der Waals surface area contributed by atoms with E-state index in [1.54, 1.807) is 4.57 Å². The Labute approximate surface area is 181 Å². The Morgan fingerprint density at radius 2 is 1.90 bits per heavy atom. The SMILES string of the molecule is Cc1cccc(OCC(=O)N2CCC(Cc3n[nH]c(=O)n3-c3ccccc3C)CC2)c1. The van der Waals surface area contributed by atoms with Crippen molar-refractivity contribution in [1.82, 2.24) is 19.7 Å². The number of piperidine rings is 1. The van der Waals surface area contributed by atoms with Crippen LogP contribution in [0.4, 0.5) is 0 Å². The van der Waals surface area contributed by atoms with Gasteiger partial charge in [-0.2, -0.15) is 5.10 Å². The van der Waals surface area contributed by atoms with Gasteiger partial charge in [-0.3, -0.25) is 4.79 Å². The van der Waals surface area contributed by atoms with Crippen molar-refractivity contribution in [3.63, 3.8) is 0 Å². The molecule has 1 aliphatic rings. The summed E-state index contributed by atoms with van der Waals surface area (Å²) in [5, 5.41) is 6.87. The summed E-state index contributed by atoms with van der Waals surface area (Å²) in [4.78, 5) is 26.8. The molecule has 0 bridgehead atoms. The van der Waals surface area contributed by atoms with Crippen LogP contribution in [0.2, 0.25) is 0 Å². The van der Waals surface area contributed by atoms with Gasteiger partial charge in [0.2, 0.25) is 0 Å². The molecule has 1 aromatic heterocycles. The number of carbonyl (C=O) groups excluding carboxylic acids is 1. The molecule has 2 heterocycles. The molecule has 3 aromatic rings. The summed E-state index contributed by atoms with van der Waals surface area (Å²) in [7, 11) is 0. The number of hydrogen-bond donors (Lipinski definition) is 1. The van der Waals surface area contributed by atoms with Crippen LogP contribution >= 0.6 is 0 Å². The van der Waals surface area contributed by atoms with Crippen LogP contribution in [0.25, 0.3) is 5.69 Å². The molecule has 1 saturated heterocycles. The predicted octanol–water partition coefficient (Wildman–Crippen LogP) is 3.04. The van der Waals surface area contributed by atoms with E-state index in [1.165, 1.54) is 0 Å². The third-order valence-electron chi connectivity index (χ3n) is 5.89. The van der Waals surface area contributed by atoms with Gasteiger partial charge in [-0.15, -0.1) is 0 Å². The molecule has 0 unspecified atom stereocenters. The lowest BCUT2D eigenvalue weighted by molar-refractivity contribution is -0.134. The molecule has 0 radical (unpaired) electrons. The number of hydrogen-bond acceptors (Lipinski definition) is 4. The van der Waals surface area contributed by atoms with E-state index in [2.05, 4.69) is 10.2 Å². The Bertz CT molecular complexity index is 1110. The van der Waals surface area contributed by atoms with Gasteiger partial charge < -0.3 is 9.64 Å². The molecule has 162 valence electrons. The van der Waals surface area contributed by atoms with Crippen molar-refractivity contribution < 1.29 is 9.53 Å². The minimum atomic E-state index is -0.217. The highest BCUT2D eigenvalue weighted by Crippen LogP contribution is 2.23.